The van der Waals surface area contributed by atoms with Gasteiger partial charge >= 0.3 is 5.97 Å². The molecule has 0 saturated heterocycles. The molecule has 5 nitrogen and oxygen atoms in total. The lowest BCUT2D eigenvalue weighted by atomic mass is 10.1. The molecule has 1 amide bonds. The highest BCUT2D eigenvalue weighted by atomic mass is 35.5. The Labute approximate surface area is 110 Å². The first-order valence-corrected chi connectivity index (χ1v) is 5.92. The second kappa shape index (κ2) is 6.26. The molecule has 0 heterocycles. The first kappa shape index (κ1) is 14.3. The molecule has 1 unspecified atom stereocenters. The van der Waals surface area contributed by atoms with Crippen LogP contribution in [0.1, 0.15) is 30.1 Å². The van der Waals surface area contributed by atoms with Crippen molar-refractivity contribution in [1.82, 2.24) is 0 Å². The van der Waals surface area contributed by atoms with Gasteiger partial charge < -0.3 is 16.2 Å². The lowest BCUT2D eigenvalue weighted by Gasteiger charge is -2.17. The van der Waals surface area contributed by atoms with Gasteiger partial charge in [0.05, 0.1) is 10.6 Å². The molecule has 0 aliphatic rings. The Kier molecular flexibility index (Phi) is 4.97. The van der Waals surface area contributed by atoms with Crippen molar-refractivity contribution in [3.63, 3.8) is 0 Å². The summed E-state index contributed by atoms with van der Waals surface area (Å²) in [5.74, 6) is -1.67. The van der Waals surface area contributed by atoms with Crippen molar-refractivity contribution in [2.45, 2.75) is 25.8 Å². The van der Waals surface area contributed by atoms with Crippen molar-refractivity contribution < 1.29 is 14.7 Å². The number of halogens is 1. The molecule has 0 aromatic heterocycles. The molecular weight excluding hydrogens is 256 g/mol. The van der Waals surface area contributed by atoms with Gasteiger partial charge in [0.15, 0.2) is 0 Å². The molecule has 1 aromatic carbocycles. The number of amides is 1. The maximum absolute atomic E-state index is 11.3. The normalized spacial score (nSPS) is 11.9. The van der Waals surface area contributed by atoms with Crippen molar-refractivity contribution in [2.75, 3.05) is 5.32 Å². The van der Waals surface area contributed by atoms with E-state index in [1.54, 1.807) is 12.1 Å². The highest BCUT2D eigenvalue weighted by Crippen LogP contribution is 2.25. The molecule has 0 saturated carbocycles. The molecule has 0 bridgehead atoms. The standard InChI is InChI=1S/C12H15ClN2O3/c1-2-4-9(12(17)18)15-8-6-3-5-7(13)10(8)11(14)16/h3,5-6,9,15H,2,4H2,1H3,(H2,14,16)(H,17,18). The molecular formula is C12H15ClN2O3. The largest absolute Gasteiger partial charge is 0.480 e. The van der Waals surface area contributed by atoms with Gasteiger partial charge in [-0.25, -0.2) is 4.79 Å². The number of nitrogens with one attached hydrogen (secondary N) is 1. The Morgan fingerprint density at radius 3 is 2.67 bits per heavy atom. The molecule has 0 aliphatic heterocycles. The number of anilines is 1. The zero-order valence-corrected chi connectivity index (χ0v) is 10.7. The summed E-state index contributed by atoms with van der Waals surface area (Å²) >= 11 is 5.88. The first-order chi connectivity index (χ1) is 8.47. The van der Waals surface area contributed by atoms with Crippen molar-refractivity contribution in [1.29, 1.82) is 0 Å². The van der Waals surface area contributed by atoms with Gasteiger partial charge in [-0.05, 0) is 18.6 Å². The van der Waals surface area contributed by atoms with Gasteiger partial charge in [0, 0.05) is 5.69 Å². The lowest BCUT2D eigenvalue weighted by molar-refractivity contribution is -0.138. The molecule has 1 aromatic rings. The number of hydrogen-bond donors (Lipinski definition) is 3. The van der Waals surface area contributed by atoms with Gasteiger partial charge in [0.25, 0.3) is 5.91 Å². The number of aliphatic carboxylic acids is 1. The van der Waals surface area contributed by atoms with E-state index in [2.05, 4.69) is 5.32 Å². The summed E-state index contributed by atoms with van der Waals surface area (Å²) in [4.78, 5) is 22.4. The van der Waals surface area contributed by atoms with Gasteiger partial charge in [-0.15, -0.1) is 0 Å². The van der Waals surface area contributed by atoms with Crippen LogP contribution < -0.4 is 11.1 Å². The minimum Gasteiger partial charge on any atom is -0.480 e. The number of primary amides is 1. The second-order valence-electron chi connectivity index (χ2n) is 3.85. The van der Waals surface area contributed by atoms with E-state index in [4.69, 9.17) is 22.4 Å². The summed E-state index contributed by atoms with van der Waals surface area (Å²) in [5.41, 5.74) is 5.69. The van der Waals surface area contributed by atoms with E-state index >= 15 is 0 Å². The first-order valence-electron chi connectivity index (χ1n) is 5.55. The summed E-state index contributed by atoms with van der Waals surface area (Å²) in [6, 6.07) is 3.97. The smallest absolute Gasteiger partial charge is 0.326 e. The molecule has 1 atom stereocenters. The number of carbonyl (C=O) groups excluding carboxylic acids is 1. The number of carbonyl (C=O) groups is 2. The van der Waals surface area contributed by atoms with Crippen molar-refractivity contribution >= 4 is 29.2 Å². The van der Waals surface area contributed by atoms with Crippen LogP contribution in [0, 0.1) is 0 Å². The fraction of sp³-hybridized carbons (Fsp3) is 0.333. The lowest BCUT2D eigenvalue weighted by Crippen LogP contribution is -2.30. The zero-order valence-electron chi connectivity index (χ0n) is 9.94. The van der Waals surface area contributed by atoms with Crippen LogP contribution in [0.15, 0.2) is 18.2 Å². The molecule has 0 aliphatic carbocycles. The van der Waals surface area contributed by atoms with Crippen LogP contribution in [0.2, 0.25) is 5.02 Å². The Hall–Kier alpha value is -1.75. The third-order valence-corrected chi connectivity index (χ3v) is 2.78. The van der Waals surface area contributed by atoms with Gasteiger partial charge in [-0.3, -0.25) is 4.79 Å². The number of carboxylic acids is 1. The van der Waals surface area contributed by atoms with Gasteiger partial charge in [0.1, 0.15) is 6.04 Å². The predicted molar refractivity (Wildman–Crippen MR) is 69.9 cm³/mol. The fourth-order valence-electron chi connectivity index (χ4n) is 1.63. The van der Waals surface area contributed by atoms with Crippen molar-refractivity contribution in [2.24, 2.45) is 5.73 Å². The molecule has 0 radical (unpaired) electrons. The summed E-state index contributed by atoms with van der Waals surface area (Å²) in [7, 11) is 0. The van der Waals surface area contributed by atoms with E-state index in [1.165, 1.54) is 6.07 Å². The Morgan fingerprint density at radius 1 is 1.50 bits per heavy atom. The minimum absolute atomic E-state index is 0.113. The van der Waals surface area contributed by atoms with Crippen LogP contribution in [0.25, 0.3) is 0 Å². The van der Waals surface area contributed by atoms with E-state index in [1.807, 2.05) is 6.92 Å². The predicted octanol–water partition coefficient (Wildman–Crippen LogP) is 2.10. The highest BCUT2D eigenvalue weighted by molar-refractivity contribution is 6.34. The van der Waals surface area contributed by atoms with Crippen LogP contribution in [-0.2, 0) is 4.79 Å². The van der Waals surface area contributed by atoms with Gasteiger partial charge in [0.2, 0.25) is 0 Å². The van der Waals surface area contributed by atoms with E-state index in [0.717, 1.165) is 0 Å². The monoisotopic (exact) mass is 270 g/mol. The maximum atomic E-state index is 11.3. The molecule has 98 valence electrons. The molecule has 0 spiro atoms. The molecule has 0 fully saturated rings. The number of nitrogens with two attached hydrogens (primary N) is 1. The minimum atomic E-state index is -0.979. The van der Waals surface area contributed by atoms with Crippen LogP contribution in [-0.4, -0.2) is 23.0 Å². The number of hydrogen-bond acceptors (Lipinski definition) is 3. The van der Waals surface area contributed by atoms with Gasteiger partial charge in [-0.2, -0.15) is 0 Å². The third kappa shape index (κ3) is 3.37. The fourth-order valence-corrected chi connectivity index (χ4v) is 1.90. The van der Waals surface area contributed by atoms with E-state index < -0.39 is 17.9 Å². The Morgan fingerprint density at radius 2 is 2.17 bits per heavy atom. The topological polar surface area (TPSA) is 92.4 Å². The Bertz CT molecular complexity index is 463. The molecule has 1 rings (SSSR count). The average molecular weight is 271 g/mol. The average Bonchev–Trinajstić information content (AvgIpc) is 2.27. The number of carboxylic acid groups (broad SMARTS) is 1. The summed E-state index contributed by atoms with van der Waals surface area (Å²) < 4.78 is 0. The number of benzene rings is 1. The molecule has 4 N–H and O–H groups in total. The summed E-state index contributed by atoms with van der Waals surface area (Å²) in [5, 5.41) is 12.0. The van der Waals surface area contributed by atoms with E-state index in [9.17, 15) is 9.59 Å². The van der Waals surface area contributed by atoms with Crippen molar-refractivity contribution in [3.8, 4) is 0 Å². The van der Waals surface area contributed by atoms with E-state index in [-0.39, 0.29) is 10.6 Å². The molecule has 18 heavy (non-hydrogen) atoms. The van der Waals surface area contributed by atoms with Gasteiger partial charge in [-0.1, -0.05) is 31.0 Å². The second-order valence-corrected chi connectivity index (χ2v) is 4.26. The Balaban J connectivity index is 3.06. The van der Waals surface area contributed by atoms with Crippen molar-refractivity contribution in [3.05, 3.63) is 28.8 Å². The zero-order chi connectivity index (χ0) is 13.7. The quantitative estimate of drug-likeness (QED) is 0.738. The third-order valence-electron chi connectivity index (χ3n) is 2.47. The van der Waals surface area contributed by atoms with E-state index in [0.29, 0.717) is 18.5 Å². The van der Waals surface area contributed by atoms with Crippen LogP contribution in [0.3, 0.4) is 0 Å². The van der Waals surface area contributed by atoms with Crippen LogP contribution >= 0.6 is 11.6 Å². The summed E-state index contributed by atoms with van der Waals surface area (Å²) in [6.45, 7) is 1.88. The maximum Gasteiger partial charge on any atom is 0.326 e. The number of rotatable bonds is 6. The van der Waals surface area contributed by atoms with Crippen LogP contribution in [0.5, 0.6) is 0 Å². The SMILES string of the molecule is CCCC(Nc1cccc(Cl)c1C(N)=O)C(=O)O. The summed E-state index contributed by atoms with van der Waals surface area (Å²) in [6.07, 6.45) is 1.15. The molecule has 6 heteroatoms. The highest BCUT2D eigenvalue weighted by Gasteiger charge is 2.20. The van der Waals surface area contributed by atoms with Crippen LogP contribution in [0.4, 0.5) is 5.69 Å².